The first kappa shape index (κ1) is 14.1. The minimum Gasteiger partial charge on any atom is -0.489 e. The van der Waals surface area contributed by atoms with Crippen LogP contribution in [0.25, 0.3) is 0 Å². The maximum absolute atomic E-state index is 5.81. The summed E-state index contributed by atoms with van der Waals surface area (Å²) in [4.78, 5) is 0. The quantitative estimate of drug-likeness (QED) is 0.906. The van der Waals surface area contributed by atoms with Crippen molar-refractivity contribution in [3.63, 3.8) is 0 Å². The molecule has 0 aromatic heterocycles. The summed E-state index contributed by atoms with van der Waals surface area (Å²) in [5.41, 5.74) is 8.17. The van der Waals surface area contributed by atoms with Gasteiger partial charge in [0.2, 0.25) is 0 Å². The van der Waals surface area contributed by atoms with Crippen LogP contribution in [0.5, 0.6) is 5.75 Å². The van der Waals surface area contributed by atoms with Gasteiger partial charge < -0.3 is 10.5 Å². The van der Waals surface area contributed by atoms with Crippen LogP contribution < -0.4 is 10.5 Å². The molecule has 2 N–H and O–H groups in total. The van der Waals surface area contributed by atoms with Gasteiger partial charge in [-0.1, -0.05) is 40.2 Å². The number of hydrogen-bond donors (Lipinski definition) is 1. The molecule has 1 unspecified atom stereocenters. The van der Waals surface area contributed by atoms with Gasteiger partial charge in [0.25, 0.3) is 0 Å². The molecule has 2 aromatic rings. The summed E-state index contributed by atoms with van der Waals surface area (Å²) >= 11 is 3.46. The first-order chi connectivity index (χ1) is 9.13. The monoisotopic (exact) mass is 319 g/mol. The first-order valence-electron chi connectivity index (χ1n) is 6.35. The van der Waals surface area contributed by atoms with E-state index in [9.17, 15) is 0 Å². The largest absolute Gasteiger partial charge is 0.489 e. The zero-order valence-electron chi connectivity index (χ0n) is 11.0. The predicted octanol–water partition coefficient (Wildman–Crippen LogP) is 3.92. The van der Waals surface area contributed by atoms with Gasteiger partial charge >= 0.3 is 0 Å². The Morgan fingerprint density at radius 1 is 1.11 bits per heavy atom. The Morgan fingerprint density at radius 2 is 1.84 bits per heavy atom. The fourth-order valence-corrected chi connectivity index (χ4v) is 2.37. The third-order valence-corrected chi connectivity index (χ3v) is 3.24. The van der Waals surface area contributed by atoms with Crippen molar-refractivity contribution in [2.45, 2.75) is 26.0 Å². The van der Waals surface area contributed by atoms with Gasteiger partial charge in [0.15, 0.2) is 0 Å². The Hall–Kier alpha value is -1.32. The standard InChI is InChI=1S/C16H18BrNO/c1-12(18)8-13-4-3-7-16(10-13)19-11-14-5-2-6-15(17)9-14/h2-7,9-10,12H,8,11,18H2,1H3. The summed E-state index contributed by atoms with van der Waals surface area (Å²) in [6, 6.07) is 16.4. The summed E-state index contributed by atoms with van der Waals surface area (Å²) in [6.45, 7) is 2.58. The zero-order valence-corrected chi connectivity index (χ0v) is 12.6. The SMILES string of the molecule is CC(N)Cc1cccc(OCc2cccc(Br)c2)c1. The molecule has 0 aliphatic rings. The van der Waals surface area contributed by atoms with E-state index in [2.05, 4.69) is 40.2 Å². The van der Waals surface area contributed by atoms with Crippen LogP contribution in [0, 0.1) is 0 Å². The van der Waals surface area contributed by atoms with Crippen molar-refractivity contribution in [1.29, 1.82) is 0 Å². The molecule has 2 rings (SSSR count). The van der Waals surface area contributed by atoms with Crippen LogP contribution in [0.2, 0.25) is 0 Å². The van der Waals surface area contributed by atoms with Crippen molar-refractivity contribution in [2.75, 3.05) is 0 Å². The minimum absolute atomic E-state index is 0.167. The van der Waals surface area contributed by atoms with E-state index in [0.717, 1.165) is 22.2 Å². The maximum atomic E-state index is 5.81. The number of ether oxygens (including phenoxy) is 1. The molecule has 0 heterocycles. The average molecular weight is 320 g/mol. The van der Waals surface area contributed by atoms with E-state index in [1.807, 2.05) is 31.2 Å². The predicted molar refractivity (Wildman–Crippen MR) is 82.3 cm³/mol. The Balaban J connectivity index is 1.99. The van der Waals surface area contributed by atoms with Crippen molar-refractivity contribution in [3.8, 4) is 5.75 Å². The second-order valence-corrected chi connectivity index (χ2v) is 5.66. The zero-order chi connectivity index (χ0) is 13.7. The van der Waals surface area contributed by atoms with Crippen molar-refractivity contribution in [1.82, 2.24) is 0 Å². The molecule has 0 saturated carbocycles. The number of hydrogen-bond acceptors (Lipinski definition) is 2. The number of halogens is 1. The van der Waals surface area contributed by atoms with Crippen LogP contribution >= 0.6 is 15.9 Å². The Bertz CT molecular complexity index is 540. The number of benzene rings is 2. The second-order valence-electron chi connectivity index (χ2n) is 4.75. The Morgan fingerprint density at radius 3 is 2.58 bits per heavy atom. The molecule has 0 fully saturated rings. The van der Waals surface area contributed by atoms with E-state index in [4.69, 9.17) is 10.5 Å². The lowest BCUT2D eigenvalue weighted by Gasteiger charge is -2.10. The normalized spacial score (nSPS) is 12.2. The van der Waals surface area contributed by atoms with Crippen LogP contribution in [0.3, 0.4) is 0 Å². The van der Waals surface area contributed by atoms with Gasteiger partial charge in [-0.25, -0.2) is 0 Å². The first-order valence-corrected chi connectivity index (χ1v) is 7.14. The van der Waals surface area contributed by atoms with Gasteiger partial charge in [-0.05, 0) is 48.7 Å². The van der Waals surface area contributed by atoms with Crippen LogP contribution in [0.1, 0.15) is 18.1 Å². The highest BCUT2D eigenvalue weighted by Crippen LogP contribution is 2.17. The van der Waals surface area contributed by atoms with Gasteiger partial charge in [0, 0.05) is 10.5 Å². The van der Waals surface area contributed by atoms with Crippen LogP contribution in [-0.4, -0.2) is 6.04 Å². The molecule has 3 heteroatoms. The van der Waals surface area contributed by atoms with Gasteiger partial charge in [-0.3, -0.25) is 0 Å². The molecule has 0 saturated heterocycles. The van der Waals surface area contributed by atoms with Crippen molar-refractivity contribution < 1.29 is 4.74 Å². The fraction of sp³-hybridized carbons (Fsp3) is 0.250. The van der Waals surface area contributed by atoms with Crippen LogP contribution in [-0.2, 0) is 13.0 Å². The molecule has 2 nitrogen and oxygen atoms in total. The van der Waals surface area contributed by atoms with E-state index in [1.165, 1.54) is 5.56 Å². The fourth-order valence-electron chi connectivity index (χ4n) is 1.93. The summed E-state index contributed by atoms with van der Waals surface area (Å²) in [5.74, 6) is 0.887. The van der Waals surface area contributed by atoms with Crippen molar-refractivity contribution in [2.24, 2.45) is 5.73 Å². The molecule has 2 aromatic carbocycles. The molecule has 0 aliphatic carbocycles. The van der Waals surface area contributed by atoms with Gasteiger partial charge in [0.05, 0.1) is 0 Å². The average Bonchev–Trinajstić information content (AvgIpc) is 2.36. The highest BCUT2D eigenvalue weighted by atomic mass is 79.9. The molecule has 0 spiro atoms. The van der Waals surface area contributed by atoms with Gasteiger partial charge in [-0.15, -0.1) is 0 Å². The summed E-state index contributed by atoms with van der Waals surface area (Å²) < 4.78 is 6.88. The summed E-state index contributed by atoms with van der Waals surface area (Å²) in [7, 11) is 0. The number of nitrogens with two attached hydrogens (primary N) is 1. The van der Waals surface area contributed by atoms with Gasteiger partial charge in [-0.2, -0.15) is 0 Å². The lowest BCUT2D eigenvalue weighted by atomic mass is 10.1. The molecule has 1 atom stereocenters. The summed E-state index contributed by atoms with van der Waals surface area (Å²) in [5, 5.41) is 0. The topological polar surface area (TPSA) is 35.2 Å². The lowest BCUT2D eigenvalue weighted by Crippen LogP contribution is -2.17. The number of rotatable bonds is 5. The molecule has 100 valence electrons. The smallest absolute Gasteiger partial charge is 0.120 e. The highest BCUT2D eigenvalue weighted by molar-refractivity contribution is 9.10. The molecule has 0 aliphatic heterocycles. The third-order valence-electron chi connectivity index (χ3n) is 2.75. The lowest BCUT2D eigenvalue weighted by molar-refractivity contribution is 0.306. The second kappa shape index (κ2) is 6.73. The molecule has 0 bridgehead atoms. The maximum Gasteiger partial charge on any atom is 0.120 e. The molecule has 0 radical (unpaired) electrons. The summed E-state index contributed by atoms with van der Waals surface area (Å²) in [6.07, 6.45) is 0.869. The highest BCUT2D eigenvalue weighted by Gasteiger charge is 2.01. The van der Waals surface area contributed by atoms with Crippen molar-refractivity contribution >= 4 is 15.9 Å². The van der Waals surface area contributed by atoms with E-state index in [-0.39, 0.29) is 6.04 Å². The third kappa shape index (κ3) is 4.69. The van der Waals surface area contributed by atoms with Crippen LogP contribution in [0.4, 0.5) is 0 Å². The van der Waals surface area contributed by atoms with E-state index >= 15 is 0 Å². The molecule has 0 amide bonds. The van der Waals surface area contributed by atoms with E-state index in [1.54, 1.807) is 0 Å². The van der Waals surface area contributed by atoms with Crippen LogP contribution in [0.15, 0.2) is 53.0 Å². The molecule has 19 heavy (non-hydrogen) atoms. The Labute approximate surface area is 122 Å². The van der Waals surface area contributed by atoms with E-state index < -0.39 is 0 Å². The van der Waals surface area contributed by atoms with Gasteiger partial charge in [0.1, 0.15) is 12.4 Å². The minimum atomic E-state index is 0.167. The molecular formula is C16H18BrNO. The Kier molecular flexibility index (Phi) is 5.00. The van der Waals surface area contributed by atoms with E-state index in [0.29, 0.717) is 6.61 Å². The van der Waals surface area contributed by atoms with Crippen molar-refractivity contribution in [3.05, 3.63) is 64.1 Å². The molecular weight excluding hydrogens is 302 g/mol.